The highest BCUT2D eigenvalue weighted by atomic mass is 16.5. The van der Waals surface area contributed by atoms with Gasteiger partial charge in [0.15, 0.2) is 0 Å². The van der Waals surface area contributed by atoms with Crippen molar-refractivity contribution in [1.29, 1.82) is 0 Å². The minimum Gasteiger partial charge on any atom is -0.383 e. The van der Waals surface area contributed by atoms with Gasteiger partial charge < -0.3 is 15.4 Å². The van der Waals surface area contributed by atoms with Gasteiger partial charge in [0.05, 0.1) is 6.61 Å². The molecule has 2 N–H and O–H groups in total. The van der Waals surface area contributed by atoms with Crippen LogP contribution in [0.25, 0.3) is 0 Å². The zero-order valence-electron chi connectivity index (χ0n) is 11.7. The molecule has 0 aromatic rings. The van der Waals surface area contributed by atoms with Crippen LogP contribution in [0.5, 0.6) is 0 Å². The maximum atomic E-state index is 5.60. The third-order valence-electron chi connectivity index (χ3n) is 3.85. The van der Waals surface area contributed by atoms with Crippen LogP contribution in [0.3, 0.4) is 0 Å². The van der Waals surface area contributed by atoms with Crippen molar-refractivity contribution in [1.82, 2.24) is 9.80 Å². The van der Waals surface area contributed by atoms with E-state index in [4.69, 9.17) is 10.5 Å². The van der Waals surface area contributed by atoms with Crippen molar-refractivity contribution >= 4 is 0 Å². The SMILES string of the molecule is COCC(CCCN)N1CCC(N(C)C)CC1. The lowest BCUT2D eigenvalue weighted by Crippen LogP contribution is -2.47. The number of likely N-dealkylation sites (tertiary alicyclic amines) is 1. The summed E-state index contributed by atoms with van der Waals surface area (Å²) in [6.07, 6.45) is 4.81. The first kappa shape index (κ1) is 14.9. The Labute approximate surface area is 106 Å². The highest BCUT2D eigenvalue weighted by Gasteiger charge is 2.25. The largest absolute Gasteiger partial charge is 0.383 e. The van der Waals surface area contributed by atoms with Crippen molar-refractivity contribution in [2.75, 3.05) is 47.4 Å². The zero-order valence-corrected chi connectivity index (χ0v) is 11.7. The number of hydrogen-bond donors (Lipinski definition) is 1. The van der Waals surface area contributed by atoms with Gasteiger partial charge in [0.2, 0.25) is 0 Å². The van der Waals surface area contributed by atoms with E-state index in [0.717, 1.165) is 32.0 Å². The summed E-state index contributed by atoms with van der Waals surface area (Å²) in [5.74, 6) is 0. The Hall–Kier alpha value is -0.160. The van der Waals surface area contributed by atoms with Gasteiger partial charge in [-0.25, -0.2) is 0 Å². The Balaban J connectivity index is 2.37. The molecule has 17 heavy (non-hydrogen) atoms. The standard InChI is InChI=1S/C13H29N3O/c1-15(2)12-6-9-16(10-7-12)13(11-17-3)5-4-8-14/h12-13H,4-11,14H2,1-3H3. The summed E-state index contributed by atoms with van der Waals surface area (Å²) in [6.45, 7) is 4.02. The molecule has 0 amide bonds. The van der Waals surface area contributed by atoms with Crippen LogP contribution in [0.4, 0.5) is 0 Å². The van der Waals surface area contributed by atoms with E-state index >= 15 is 0 Å². The molecule has 1 saturated heterocycles. The molecule has 1 unspecified atom stereocenters. The summed E-state index contributed by atoms with van der Waals surface area (Å²) in [4.78, 5) is 4.93. The lowest BCUT2D eigenvalue weighted by atomic mass is 10.0. The number of nitrogens with zero attached hydrogens (tertiary/aromatic N) is 2. The molecular formula is C13H29N3O. The maximum Gasteiger partial charge on any atom is 0.0618 e. The summed E-state index contributed by atoms with van der Waals surface area (Å²) < 4.78 is 5.34. The Morgan fingerprint density at radius 2 is 2.00 bits per heavy atom. The van der Waals surface area contributed by atoms with Crippen molar-refractivity contribution in [3.8, 4) is 0 Å². The molecular weight excluding hydrogens is 214 g/mol. The Kier molecular flexibility index (Phi) is 7.04. The van der Waals surface area contributed by atoms with E-state index in [1.807, 2.05) is 0 Å². The van der Waals surface area contributed by atoms with Gasteiger partial charge in [-0.2, -0.15) is 0 Å². The van der Waals surface area contributed by atoms with Gasteiger partial charge in [0.1, 0.15) is 0 Å². The summed E-state index contributed by atoms with van der Waals surface area (Å²) in [7, 11) is 6.16. The number of ether oxygens (including phenoxy) is 1. The van der Waals surface area contributed by atoms with Crippen LogP contribution >= 0.6 is 0 Å². The lowest BCUT2D eigenvalue weighted by molar-refractivity contribution is 0.0521. The highest BCUT2D eigenvalue weighted by molar-refractivity contribution is 4.81. The van der Waals surface area contributed by atoms with E-state index < -0.39 is 0 Å². The van der Waals surface area contributed by atoms with Gasteiger partial charge in [0, 0.05) is 32.3 Å². The van der Waals surface area contributed by atoms with Crippen LogP contribution in [0.1, 0.15) is 25.7 Å². The fourth-order valence-electron chi connectivity index (χ4n) is 2.68. The first-order valence-corrected chi connectivity index (χ1v) is 6.78. The minimum atomic E-state index is 0.562. The molecule has 0 spiro atoms. The van der Waals surface area contributed by atoms with Crippen molar-refractivity contribution < 1.29 is 4.74 Å². The average molecular weight is 243 g/mol. The van der Waals surface area contributed by atoms with Gasteiger partial charge in [-0.15, -0.1) is 0 Å². The molecule has 0 radical (unpaired) electrons. The first-order valence-electron chi connectivity index (χ1n) is 6.78. The predicted molar refractivity (Wildman–Crippen MR) is 72.2 cm³/mol. The number of hydrogen-bond acceptors (Lipinski definition) is 4. The zero-order chi connectivity index (χ0) is 12.7. The van der Waals surface area contributed by atoms with Gasteiger partial charge in [0.25, 0.3) is 0 Å². The molecule has 1 aliphatic rings. The van der Waals surface area contributed by atoms with Crippen molar-refractivity contribution in [2.45, 2.75) is 37.8 Å². The van der Waals surface area contributed by atoms with E-state index in [1.54, 1.807) is 7.11 Å². The second-order valence-corrected chi connectivity index (χ2v) is 5.27. The van der Waals surface area contributed by atoms with Crippen LogP contribution in [-0.2, 0) is 4.74 Å². The number of rotatable bonds is 7. The van der Waals surface area contributed by atoms with E-state index in [9.17, 15) is 0 Å². The Morgan fingerprint density at radius 3 is 2.47 bits per heavy atom. The smallest absolute Gasteiger partial charge is 0.0618 e. The summed E-state index contributed by atoms with van der Waals surface area (Å²) in [5, 5.41) is 0. The first-order chi connectivity index (χ1) is 8.19. The van der Waals surface area contributed by atoms with E-state index in [2.05, 4.69) is 23.9 Å². The Bertz CT molecular complexity index is 191. The normalized spacial score (nSPS) is 21.0. The topological polar surface area (TPSA) is 41.7 Å². The molecule has 0 aromatic heterocycles. The molecule has 0 aliphatic carbocycles. The molecule has 0 saturated carbocycles. The molecule has 1 aliphatic heterocycles. The monoisotopic (exact) mass is 243 g/mol. The molecule has 0 aromatic carbocycles. The molecule has 1 atom stereocenters. The predicted octanol–water partition coefficient (Wildman–Crippen LogP) is 0.766. The fraction of sp³-hybridized carbons (Fsp3) is 1.00. The number of methoxy groups -OCH3 is 1. The van der Waals surface area contributed by atoms with Gasteiger partial charge in [-0.05, 0) is 46.3 Å². The van der Waals surface area contributed by atoms with E-state index in [0.29, 0.717) is 6.04 Å². The molecule has 4 heteroatoms. The quantitative estimate of drug-likeness (QED) is 0.717. The fourth-order valence-corrected chi connectivity index (χ4v) is 2.68. The van der Waals surface area contributed by atoms with E-state index in [-0.39, 0.29) is 0 Å². The van der Waals surface area contributed by atoms with Crippen molar-refractivity contribution in [3.05, 3.63) is 0 Å². The molecule has 1 heterocycles. The molecule has 0 bridgehead atoms. The van der Waals surface area contributed by atoms with Crippen molar-refractivity contribution in [2.24, 2.45) is 5.73 Å². The third-order valence-corrected chi connectivity index (χ3v) is 3.85. The molecule has 4 nitrogen and oxygen atoms in total. The molecule has 1 rings (SSSR count). The van der Waals surface area contributed by atoms with Crippen LogP contribution in [0.2, 0.25) is 0 Å². The number of piperidine rings is 1. The van der Waals surface area contributed by atoms with Gasteiger partial charge in [-0.3, -0.25) is 4.90 Å². The van der Waals surface area contributed by atoms with Gasteiger partial charge >= 0.3 is 0 Å². The van der Waals surface area contributed by atoms with Gasteiger partial charge in [-0.1, -0.05) is 0 Å². The van der Waals surface area contributed by atoms with Crippen LogP contribution in [0.15, 0.2) is 0 Å². The van der Waals surface area contributed by atoms with Crippen LogP contribution in [-0.4, -0.2) is 69.3 Å². The summed E-state index contributed by atoms with van der Waals surface area (Å²) in [6, 6.07) is 1.32. The lowest BCUT2D eigenvalue weighted by Gasteiger charge is -2.39. The third kappa shape index (κ3) is 4.92. The second kappa shape index (κ2) is 8.03. The molecule has 1 fully saturated rings. The highest BCUT2D eigenvalue weighted by Crippen LogP contribution is 2.18. The van der Waals surface area contributed by atoms with Crippen LogP contribution in [0, 0.1) is 0 Å². The number of nitrogens with two attached hydrogens (primary N) is 1. The van der Waals surface area contributed by atoms with Crippen molar-refractivity contribution in [3.63, 3.8) is 0 Å². The minimum absolute atomic E-state index is 0.562. The van der Waals surface area contributed by atoms with Crippen LogP contribution < -0.4 is 5.73 Å². The summed E-state index contributed by atoms with van der Waals surface area (Å²) in [5.41, 5.74) is 5.60. The maximum absolute atomic E-state index is 5.60. The average Bonchev–Trinajstić information content (AvgIpc) is 2.34. The Morgan fingerprint density at radius 1 is 1.35 bits per heavy atom. The molecule has 102 valence electrons. The van der Waals surface area contributed by atoms with E-state index in [1.165, 1.54) is 25.9 Å². The summed E-state index contributed by atoms with van der Waals surface area (Å²) >= 11 is 0. The second-order valence-electron chi connectivity index (χ2n) is 5.27.